The van der Waals surface area contributed by atoms with Crippen LogP contribution in [0.25, 0.3) is 10.2 Å². The summed E-state index contributed by atoms with van der Waals surface area (Å²) in [6.07, 6.45) is 4.85. The number of fused-ring (bicyclic) bond motifs is 1. The van der Waals surface area contributed by atoms with Crippen LogP contribution >= 0.6 is 23.1 Å². The zero-order valence-electron chi connectivity index (χ0n) is 14.4. The summed E-state index contributed by atoms with van der Waals surface area (Å²) in [5.41, 5.74) is 1.05. The van der Waals surface area contributed by atoms with Gasteiger partial charge >= 0.3 is 0 Å². The van der Waals surface area contributed by atoms with Gasteiger partial charge in [0.25, 0.3) is 0 Å². The van der Waals surface area contributed by atoms with E-state index >= 15 is 0 Å². The van der Waals surface area contributed by atoms with Crippen molar-refractivity contribution < 1.29 is 9.53 Å². The third kappa shape index (κ3) is 3.78. The molecule has 134 valence electrons. The maximum absolute atomic E-state index is 12.5. The first-order chi connectivity index (χ1) is 12.2. The number of hydrogen-bond acceptors (Lipinski definition) is 6. The monoisotopic (exact) mass is 377 g/mol. The molecule has 2 saturated heterocycles. The van der Waals surface area contributed by atoms with E-state index in [4.69, 9.17) is 9.72 Å². The molecule has 1 N–H and O–H groups in total. The number of amides is 1. The van der Waals surface area contributed by atoms with Gasteiger partial charge in [-0.1, -0.05) is 11.3 Å². The zero-order chi connectivity index (χ0) is 17.2. The largest absolute Gasteiger partial charge is 0.381 e. The quantitative estimate of drug-likeness (QED) is 0.830. The molecule has 1 aromatic heterocycles. The van der Waals surface area contributed by atoms with E-state index in [1.807, 2.05) is 0 Å². The molecule has 2 fully saturated rings. The van der Waals surface area contributed by atoms with E-state index in [9.17, 15) is 4.79 Å². The fourth-order valence-electron chi connectivity index (χ4n) is 3.46. The lowest BCUT2D eigenvalue weighted by Gasteiger charge is -2.24. The van der Waals surface area contributed by atoms with Crippen molar-refractivity contribution in [2.45, 2.75) is 30.2 Å². The number of benzene rings is 1. The lowest BCUT2D eigenvalue weighted by atomic mass is 10.1. The van der Waals surface area contributed by atoms with Gasteiger partial charge in [0.15, 0.2) is 5.13 Å². The molecule has 3 heterocycles. The first-order valence-corrected chi connectivity index (χ1v) is 10.8. The topological polar surface area (TPSA) is 54.5 Å². The van der Waals surface area contributed by atoms with Gasteiger partial charge in [0.1, 0.15) is 0 Å². The van der Waals surface area contributed by atoms with E-state index in [0.29, 0.717) is 0 Å². The lowest BCUT2D eigenvalue weighted by molar-refractivity contribution is -0.125. The summed E-state index contributed by atoms with van der Waals surface area (Å²) in [4.78, 5) is 20.8. The van der Waals surface area contributed by atoms with Crippen LogP contribution in [0.15, 0.2) is 23.1 Å². The van der Waals surface area contributed by atoms with Crippen molar-refractivity contribution in [3.63, 3.8) is 0 Å². The summed E-state index contributed by atoms with van der Waals surface area (Å²) < 4.78 is 6.58. The molecule has 1 amide bonds. The van der Waals surface area contributed by atoms with Crippen molar-refractivity contribution in [2.24, 2.45) is 5.92 Å². The number of carbonyl (C=O) groups is 1. The van der Waals surface area contributed by atoms with Gasteiger partial charge in [0.05, 0.1) is 16.1 Å². The highest BCUT2D eigenvalue weighted by molar-refractivity contribution is 7.98. The molecule has 0 aliphatic carbocycles. The number of thioether (sulfide) groups is 1. The van der Waals surface area contributed by atoms with Gasteiger partial charge in [0, 0.05) is 37.2 Å². The number of anilines is 1. The van der Waals surface area contributed by atoms with Crippen molar-refractivity contribution in [1.82, 2.24) is 10.3 Å². The van der Waals surface area contributed by atoms with E-state index in [0.717, 1.165) is 56.2 Å². The maximum Gasteiger partial charge on any atom is 0.225 e. The molecule has 0 radical (unpaired) electrons. The molecule has 0 saturated carbocycles. The van der Waals surface area contributed by atoms with E-state index < -0.39 is 0 Å². The molecule has 5 nitrogen and oxygen atoms in total. The van der Waals surface area contributed by atoms with Gasteiger partial charge in [-0.25, -0.2) is 4.98 Å². The van der Waals surface area contributed by atoms with Crippen molar-refractivity contribution in [3.8, 4) is 0 Å². The van der Waals surface area contributed by atoms with Gasteiger partial charge in [-0.3, -0.25) is 4.79 Å². The van der Waals surface area contributed by atoms with Gasteiger partial charge in [-0.2, -0.15) is 0 Å². The fourth-order valence-corrected chi connectivity index (χ4v) is 5.02. The number of rotatable bonds is 4. The second-order valence-corrected chi connectivity index (χ2v) is 8.55. The van der Waals surface area contributed by atoms with Crippen molar-refractivity contribution in [1.29, 1.82) is 0 Å². The van der Waals surface area contributed by atoms with Crippen molar-refractivity contribution in [2.75, 3.05) is 37.5 Å². The second kappa shape index (κ2) is 7.51. The summed E-state index contributed by atoms with van der Waals surface area (Å²) in [7, 11) is 0. The average molecular weight is 378 g/mol. The number of carbonyl (C=O) groups excluding carboxylic acids is 1. The Bertz CT molecular complexity index is 758. The van der Waals surface area contributed by atoms with Crippen LogP contribution in [0.2, 0.25) is 0 Å². The van der Waals surface area contributed by atoms with Crippen LogP contribution in [0.5, 0.6) is 0 Å². The molecule has 2 aliphatic rings. The Labute approximate surface area is 156 Å². The second-order valence-electron chi connectivity index (χ2n) is 6.66. The third-order valence-electron chi connectivity index (χ3n) is 4.98. The van der Waals surface area contributed by atoms with Crippen molar-refractivity contribution >= 4 is 44.4 Å². The highest BCUT2D eigenvalue weighted by Gasteiger charge is 2.31. The van der Waals surface area contributed by atoms with E-state index in [1.54, 1.807) is 23.1 Å². The number of aromatic nitrogens is 1. The molecule has 1 atom stereocenters. The van der Waals surface area contributed by atoms with Gasteiger partial charge in [-0.15, -0.1) is 11.8 Å². The number of ether oxygens (including phenoxy) is 1. The molecule has 25 heavy (non-hydrogen) atoms. The lowest BCUT2D eigenvalue weighted by Crippen LogP contribution is -2.42. The first kappa shape index (κ1) is 17.1. The van der Waals surface area contributed by atoms with Crippen LogP contribution < -0.4 is 10.2 Å². The predicted octanol–water partition coefficient (Wildman–Crippen LogP) is 3.14. The summed E-state index contributed by atoms with van der Waals surface area (Å²) in [6, 6.07) is 6.69. The molecule has 0 spiro atoms. The number of nitrogens with zero attached hydrogens (tertiary/aromatic N) is 2. The van der Waals surface area contributed by atoms with Crippen LogP contribution in [0.4, 0.5) is 5.13 Å². The van der Waals surface area contributed by atoms with Gasteiger partial charge < -0.3 is 15.0 Å². The van der Waals surface area contributed by atoms with Crippen molar-refractivity contribution in [3.05, 3.63) is 18.2 Å². The number of nitrogens with one attached hydrogen (secondary N) is 1. The Morgan fingerprint density at radius 3 is 3.00 bits per heavy atom. The molecular weight excluding hydrogens is 354 g/mol. The Balaban J connectivity index is 1.40. The minimum atomic E-state index is 0.0663. The van der Waals surface area contributed by atoms with E-state index in [-0.39, 0.29) is 17.9 Å². The molecular formula is C18H23N3O2S2. The smallest absolute Gasteiger partial charge is 0.225 e. The predicted molar refractivity (Wildman–Crippen MR) is 104 cm³/mol. The molecule has 0 bridgehead atoms. The summed E-state index contributed by atoms with van der Waals surface area (Å²) >= 11 is 3.48. The Morgan fingerprint density at radius 2 is 2.20 bits per heavy atom. The average Bonchev–Trinajstić information content (AvgIpc) is 3.28. The van der Waals surface area contributed by atoms with Gasteiger partial charge in [-0.05, 0) is 43.7 Å². The normalized spacial score (nSPS) is 21.8. The summed E-state index contributed by atoms with van der Waals surface area (Å²) in [6.45, 7) is 3.18. The van der Waals surface area contributed by atoms with E-state index in [2.05, 4.69) is 34.7 Å². The summed E-state index contributed by atoms with van der Waals surface area (Å²) in [5.74, 6) is 0.261. The van der Waals surface area contributed by atoms with Crippen LogP contribution in [0.3, 0.4) is 0 Å². The zero-order valence-corrected chi connectivity index (χ0v) is 16.0. The minimum Gasteiger partial charge on any atom is -0.381 e. The highest BCUT2D eigenvalue weighted by atomic mass is 32.2. The molecule has 4 rings (SSSR count). The molecule has 2 aromatic rings. The van der Waals surface area contributed by atoms with Gasteiger partial charge in [0.2, 0.25) is 5.91 Å². The third-order valence-corrected chi connectivity index (χ3v) is 6.79. The molecule has 2 aliphatic heterocycles. The fraction of sp³-hybridized carbons (Fsp3) is 0.556. The first-order valence-electron chi connectivity index (χ1n) is 8.80. The maximum atomic E-state index is 12.5. The highest BCUT2D eigenvalue weighted by Crippen LogP contribution is 2.34. The standard InChI is InChI=1S/C18H23N3O2S2/c1-24-14-2-3-15-16(10-14)25-18(20-15)21-7-4-12(11-21)17(22)19-13-5-8-23-9-6-13/h2-3,10,12-13H,4-9,11H2,1H3,(H,19,22). The SMILES string of the molecule is CSc1ccc2nc(N3CCC(C(=O)NC4CCOCC4)C3)sc2c1. The van der Waals surface area contributed by atoms with E-state index in [1.165, 1.54) is 9.60 Å². The Hall–Kier alpha value is -1.31. The summed E-state index contributed by atoms with van der Waals surface area (Å²) in [5, 5.41) is 4.25. The molecule has 1 aromatic carbocycles. The Kier molecular flexibility index (Phi) is 5.15. The number of hydrogen-bond donors (Lipinski definition) is 1. The van der Waals surface area contributed by atoms with Crippen LogP contribution in [0.1, 0.15) is 19.3 Å². The molecule has 1 unspecified atom stereocenters. The minimum absolute atomic E-state index is 0.0663. The van der Waals surface area contributed by atoms with Crippen LogP contribution in [-0.4, -0.2) is 49.5 Å². The number of thiazole rings is 1. The molecule has 7 heteroatoms. The van der Waals surface area contributed by atoms with Crippen LogP contribution in [-0.2, 0) is 9.53 Å². The Morgan fingerprint density at radius 1 is 1.36 bits per heavy atom. The van der Waals surface area contributed by atoms with Crippen LogP contribution in [0, 0.1) is 5.92 Å².